The topological polar surface area (TPSA) is 36.4 Å². The molecule has 0 saturated heterocycles. The van der Waals surface area contributed by atoms with Crippen LogP contribution in [0.2, 0.25) is 5.02 Å². The molecule has 2 aliphatic carbocycles. The number of hydrogen-bond acceptors (Lipinski definition) is 1. The van der Waals surface area contributed by atoms with E-state index in [2.05, 4.69) is 27.8 Å². The zero-order valence-electron chi connectivity index (χ0n) is 12.4. The van der Waals surface area contributed by atoms with Gasteiger partial charge in [-0.15, -0.1) is 24.0 Å². The van der Waals surface area contributed by atoms with Crippen LogP contribution in [0.4, 0.5) is 0 Å². The maximum absolute atomic E-state index is 5.99. The molecule has 0 heterocycles. The van der Waals surface area contributed by atoms with Crippen LogP contribution in [-0.4, -0.2) is 25.6 Å². The fourth-order valence-corrected chi connectivity index (χ4v) is 2.97. The first-order valence-corrected chi connectivity index (χ1v) is 7.83. The number of hydrogen-bond donors (Lipinski definition) is 2. The van der Waals surface area contributed by atoms with E-state index in [1.807, 2.05) is 19.2 Å². The molecule has 1 aromatic carbocycles. The van der Waals surface area contributed by atoms with Gasteiger partial charge in [-0.3, -0.25) is 4.99 Å². The van der Waals surface area contributed by atoms with Crippen LogP contribution in [0, 0.1) is 0 Å². The zero-order chi connectivity index (χ0) is 14.0. The van der Waals surface area contributed by atoms with Gasteiger partial charge in [0.1, 0.15) is 0 Å². The smallest absolute Gasteiger partial charge is 0.191 e. The molecular weight excluding hydrogens is 397 g/mol. The Morgan fingerprint density at radius 3 is 2.43 bits per heavy atom. The Labute approximate surface area is 149 Å². The summed E-state index contributed by atoms with van der Waals surface area (Å²) >= 11 is 5.99. The summed E-state index contributed by atoms with van der Waals surface area (Å²) in [7, 11) is 1.84. The summed E-state index contributed by atoms with van der Waals surface area (Å²) in [4.78, 5) is 4.31. The molecule has 0 aliphatic heterocycles. The van der Waals surface area contributed by atoms with Crippen molar-refractivity contribution in [2.45, 2.75) is 43.6 Å². The average Bonchev–Trinajstić information content (AvgIpc) is 3.22. The third kappa shape index (κ3) is 4.03. The third-order valence-corrected chi connectivity index (χ3v) is 4.76. The summed E-state index contributed by atoms with van der Waals surface area (Å²) in [6, 6.07) is 8.96. The van der Waals surface area contributed by atoms with Gasteiger partial charge in [-0.1, -0.05) is 30.2 Å². The van der Waals surface area contributed by atoms with E-state index in [0.29, 0.717) is 6.04 Å². The van der Waals surface area contributed by atoms with E-state index in [4.69, 9.17) is 11.6 Å². The molecule has 116 valence electrons. The van der Waals surface area contributed by atoms with Gasteiger partial charge in [-0.2, -0.15) is 0 Å². The van der Waals surface area contributed by atoms with Gasteiger partial charge in [0.25, 0.3) is 0 Å². The Morgan fingerprint density at radius 1 is 1.29 bits per heavy atom. The van der Waals surface area contributed by atoms with Crippen molar-refractivity contribution in [1.29, 1.82) is 0 Å². The number of rotatable bonds is 4. The first-order chi connectivity index (χ1) is 9.72. The van der Waals surface area contributed by atoms with E-state index in [-0.39, 0.29) is 29.4 Å². The van der Waals surface area contributed by atoms with Gasteiger partial charge in [-0.25, -0.2) is 0 Å². The van der Waals surface area contributed by atoms with Crippen molar-refractivity contribution in [3.05, 3.63) is 34.9 Å². The molecule has 0 radical (unpaired) electrons. The van der Waals surface area contributed by atoms with E-state index in [0.717, 1.165) is 17.5 Å². The molecule has 2 saturated carbocycles. The fourth-order valence-electron chi connectivity index (χ4n) is 2.84. The van der Waals surface area contributed by atoms with E-state index in [1.54, 1.807) is 0 Å². The van der Waals surface area contributed by atoms with Crippen LogP contribution in [0.25, 0.3) is 0 Å². The summed E-state index contributed by atoms with van der Waals surface area (Å²) in [5, 5.41) is 7.75. The third-order valence-electron chi connectivity index (χ3n) is 4.50. The molecule has 0 aromatic heterocycles. The predicted molar refractivity (Wildman–Crippen MR) is 99.9 cm³/mol. The number of nitrogens with zero attached hydrogens (tertiary/aromatic N) is 1. The summed E-state index contributed by atoms with van der Waals surface area (Å²) in [6.45, 7) is 0.945. The van der Waals surface area contributed by atoms with Crippen LogP contribution in [-0.2, 0) is 5.41 Å². The summed E-state index contributed by atoms with van der Waals surface area (Å²) in [6.07, 6.45) is 6.31. The second-order valence-electron chi connectivity index (χ2n) is 5.99. The first-order valence-electron chi connectivity index (χ1n) is 7.45. The maximum atomic E-state index is 5.99. The molecule has 0 spiro atoms. The van der Waals surface area contributed by atoms with E-state index in [9.17, 15) is 0 Å². The van der Waals surface area contributed by atoms with Crippen molar-refractivity contribution in [2.75, 3.05) is 13.6 Å². The second kappa shape index (κ2) is 7.18. The van der Waals surface area contributed by atoms with Gasteiger partial charge < -0.3 is 10.6 Å². The lowest BCUT2D eigenvalue weighted by Crippen LogP contribution is -2.49. The highest BCUT2D eigenvalue weighted by atomic mass is 127. The summed E-state index contributed by atoms with van der Waals surface area (Å²) < 4.78 is 0. The number of nitrogens with one attached hydrogen (secondary N) is 2. The molecular formula is C16H23ClIN3. The summed E-state index contributed by atoms with van der Waals surface area (Å²) in [5.74, 6) is 0.938. The van der Waals surface area contributed by atoms with Crippen LogP contribution < -0.4 is 10.6 Å². The zero-order valence-corrected chi connectivity index (χ0v) is 15.4. The van der Waals surface area contributed by atoms with Gasteiger partial charge in [0.05, 0.1) is 0 Å². The summed E-state index contributed by atoms with van der Waals surface area (Å²) in [5.41, 5.74) is 1.65. The van der Waals surface area contributed by atoms with Gasteiger partial charge >= 0.3 is 0 Å². The monoisotopic (exact) mass is 419 g/mol. The number of guanidine groups is 1. The number of aliphatic imine (C=N–C) groups is 1. The van der Waals surface area contributed by atoms with Crippen molar-refractivity contribution in [3.63, 3.8) is 0 Å². The first kappa shape index (κ1) is 16.9. The molecule has 2 aliphatic rings. The van der Waals surface area contributed by atoms with Crippen LogP contribution in [0.5, 0.6) is 0 Å². The van der Waals surface area contributed by atoms with Crippen molar-refractivity contribution >= 4 is 41.5 Å². The minimum Gasteiger partial charge on any atom is -0.356 e. The standard InChI is InChI=1S/C16H22ClN3.HI/c1-18-15(20-14-7-8-14)19-11-16(9-2-10-16)12-3-5-13(17)6-4-12;/h3-6,14H,2,7-11H2,1H3,(H2,18,19,20);1H. The molecule has 0 amide bonds. The van der Waals surface area contributed by atoms with Crippen molar-refractivity contribution in [2.24, 2.45) is 4.99 Å². The van der Waals surface area contributed by atoms with Gasteiger partial charge in [-0.05, 0) is 43.4 Å². The van der Waals surface area contributed by atoms with Crippen LogP contribution in [0.15, 0.2) is 29.3 Å². The highest BCUT2D eigenvalue weighted by molar-refractivity contribution is 14.0. The molecule has 5 heteroatoms. The quantitative estimate of drug-likeness (QED) is 0.443. The normalized spacial score (nSPS) is 20.2. The lowest BCUT2D eigenvalue weighted by atomic mass is 9.64. The van der Waals surface area contributed by atoms with Crippen LogP contribution in [0.1, 0.15) is 37.7 Å². The number of halogens is 2. The van der Waals surface area contributed by atoms with Crippen molar-refractivity contribution < 1.29 is 0 Å². The minimum absolute atomic E-state index is 0. The highest BCUT2D eigenvalue weighted by Gasteiger charge is 2.38. The molecule has 2 fully saturated rings. The Hall–Kier alpha value is -0.490. The molecule has 21 heavy (non-hydrogen) atoms. The SMILES string of the molecule is CN=C(NCC1(c2ccc(Cl)cc2)CCC1)NC1CC1.I. The molecule has 0 atom stereocenters. The Bertz CT molecular complexity index is 493. The highest BCUT2D eigenvalue weighted by Crippen LogP contribution is 2.43. The Morgan fingerprint density at radius 2 is 1.95 bits per heavy atom. The van der Waals surface area contributed by atoms with Gasteiger partial charge in [0.15, 0.2) is 5.96 Å². The van der Waals surface area contributed by atoms with Crippen LogP contribution in [0.3, 0.4) is 0 Å². The molecule has 0 unspecified atom stereocenters. The largest absolute Gasteiger partial charge is 0.356 e. The lowest BCUT2D eigenvalue weighted by Gasteiger charge is -2.43. The molecule has 3 rings (SSSR count). The molecule has 1 aromatic rings. The second-order valence-corrected chi connectivity index (χ2v) is 6.42. The van der Waals surface area contributed by atoms with Gasteiger partial charge in [0.2, 0.25) is 0 Å². The fraction of sp³-hybridized carbons (Fsp3) is 0.562. The van der Waals surface area contributed by atoms with E-state index >= 15 is 0 Å². The van der Waals surface area contributed by atoms with Gasteiger partial charge in [0, 0.05) is 30.1 Å². The van der Waals surface area contributed by atoms with E-state index in [1.165, 1.54) is 37.7 Å². The molecule has 3 nitrogen and oxygen atoms in total. The minimum atomic E-state index is 0. The van der Waals surface area contributed by atoms with E-state index < -0.39 is 0 Å². The van der Waals surface area contributed by atoms with Crippen molar-refractivity contribution in [3.8, 4) is 0 Å². The maximum Gasteiger partial charge on any atom is 0.191 e. The van der Waals surface area contributed by atoms with Crippen LogP contribution >= 0.6 is 35.6 Å². The van der Waals surface area contributed by atoms with Crippen molar-refractivity contribution in [1.82, 2.24) is 10.6 Å². The predicted octanol–water partition coefficient (Wildman–Crippen LogP) is 3.71. The Kier molecular flexibility index (Phi) is 5.77. The molecule has 0 bridgehead atoms. The number of benzene rings is 1. The lowest BCUT2D eigenvalue weighted by molar-refractivity contribution is 0.244. The average molecular weight is 420 g/mol. The Balaban J connectivity index is 0.00000161. The molecule has 2 N–H and O–H groups in total.